The molecule has 4 heteroatoms. The van der Waals surface area contributed by atoms with Crippen molar-refractivity contribution >= 4 is 5.69 Å². The summed E-state index contributed by atoms with van der Waals surface area (Å²) in [5, 5.41) is 4.39. The van der Waals surface area contributed by atoms with E-state index in [4.69, 9.17) is 5.73 Å². The van der Waals surface area contributed by atoms with E-state index >= 15 is 0 Å². The fourth-order valence-electron chi connectivity index (χ4n) is 1.89. The molecule has 2 rings (SSSR count). The Morgan fingerprint density at radius 1 is 1.35 bits per heavy atom. The molecule has 2 aromatic rings. The van der Waals surface area contributed by atoms with Crippen LogP contribution < -0.4 is 5.73 Å². The fourth-order valence-corrected chi connectivity index (χ4v) is 1.89. The Hall–Kier alpha value is -1.84. The third kappa shape index (κ3) is 2.30. The van der Waals surface area contributed by atoms with Crippen LogP contribution in [0.15, 0.2) is 24.4 Å². The summed E-state index contributed by atoms with van der Waals surface area (Å²) in [4.78, 5) is 0. The molecule has 0 unspecified atom stereocenters. The van der Waals surface area contributed by atoms with Gasteiger partial charge < -0.3 is 5.73 Å². The average Bonchev–Trinajstić information content (AvgIpc) is 2.64. The molecule has 90 valence electrons. The van der Waals surface area contributed by atoms with Crippen LogP contribution in [0.3, 0.4) is 0 Å². The minimum Gasteiger partial charge on any atom is -0.398 e. The number of nitrogens with zero attached hydrogens (tertiary/aromatic N) is 2. The van der Waals surface area contributed by atoms with Gasteiger partial charge in [-0.1, -0.05) is 6.92 Å². The van der Waals surface area contributed by atoms with Crippen LogP contribution in [0.25, 0.3) is 11.1 Å². The molecular formula is C13H16FN3. The molecule has 0 aliphatic carbocycles. The Balaban J connectivity index is 2.48. The van der Waals surface area contributed by atoms with E-state index in [0.717, 1.165) is 24.2 Å². The Morgan fingerprint density at radius 2 is 2.12 bits per heavy atom. The van der Waals surface area contributed by atoms with Crippen LogP contribution in [0, 0.1) is 12.7 Å². The zero-order valence-corrected chi connectivity index (χ0v) is 10.1. The molecule has 0 saturated carbocycles. The number of nitrogen functional groups attached to an aromatic ring is 1. The van der Waals surface area contributed by atoms with Gasteiger partial charge in [0.2, 0.25) is 0 Å². The minimum absolute atomic E-state index is 0.281. The maximum absolute atomic E-state index is 13.2. The number of anilines is 1. The number of aryl methyl sites for hydroxylation is 2. The molecule has 2 N–H and O–H groups in total. The number of nitrogens with two attached hydrogens (primary N) is 1. The SMILES string of the molecule is CCCn1cc(-c2cc(F)ccc2N)c(C)n1. The predicted molar refractivity (Wildman–Crippen MR) is 67.1 cm³/mol. The smallest absolute Gasteiger partial charge is 0.123 e. The van der Waals surface area contributed by atoms with Crippen LogP contribution >= 0.6 is 0 Å². The molecule has 0 amide bonds. The number of hydrogen-bond acceptors (Lipinski definition) is 2. The van der Waals surface area contributed by atoms with Gasteiger partial charge in [0.25, 0.3) is 0 Å². The van der Waals surface area contributed by atoms with Crippen molar-refractivity contribution in [1.29, 1.82) is 0 Å². The number of hydrogen-bond donors (Lipinski definition) is 1. The third-order valence-corrected chi connectivity index (χ3v) is 2.70. The van der Waals surface area contributed by atoms with Crippen molar-refractivity contribution < 1.29 is 4.39 Å². The van der Waals surface area contributed by atoms with Crippen LogP contribution in [0.1, 0.15) is 19.0 Å². The van der Waals surface area contributed by atoms with Crippen molar-refractivity contribution in [2.75, 3.05) is 5.73 Å². The molecule has 0 fully saturated rings. The molecule has 0 spiro atoms. The van der Waals surface area contributed by atoms with E-state index < -0.39 is 0 Å². The molecule has 1 heterocycles. The zero-order chi connectivity index (χ0) is 12.4. The lowest BCUT2D eigenvalue weighted by atomic mass is 10.1. The molecule has 0 bridgehead atoms. The molecule has 1 aromatic carbocycles. The molecule has 1 aromatic heterocycles. The van der Waals surface area contributed by atoms with Gasteiger partial charge in [0.05, 0.1) is 5.69 Å². The maximum atomic E-state index is 13.2. The zero-order valence-electron chi connectivity index (χ0n) is 10.1. The Bertz CT molecular complexity index is 531. The fraction of sp³-hybridized carbons (Fsp3) is 0.308. The normalized spacial score (nSPS) is 10.8. The first kappa shape index (κ1) is 11.6. The predicted octanol–water partition coefficient (Wildman–Crippen LogP) is 2.99. The highest BCUT2D eigenvalue weighted by Crippen LogP contribution is 2.28. The molecular weight excluding hydrogens is 217 g/mol. The van der Waals surface area contributed by atoms with E-state index in [0.29, 0.717) is 11.3 Å². The molecule has 0 saturated heterocycles. The average molecular weight is 233 g/mol. The number of rotatable bonds is 3. The Labute approximate surface area is 100 Å². The van der Waals surface area contributed by atoms with Gasteiger partial charge in [-0.2, -0.15) is 5.10 Å². The van der Waals surface area contributed by atoms with E-state index in [9.17, 15) is 4.39 Å². The monoisotopic (exact) mass is 233 g/mol. The standard InChI is InChI=1S/C13H16FN3/c1-3-6-17-8-12(9(2)16-17)11-7-10(14)4-5-13(11)15/h4-5,7-8H,3,6,15H2,1-2H3. The van der Waals surface area contributed by atoms with Gasteiger partial charge >= 0.3 is 0 Å². The third-order valence-electron chi connectivity index (χ3n) is 2.70. The highest BCUT2D eigenvalue weighted by molar-refractivity contribution is 5.77. The molecule has 3 nitrogen and oxygen atoms in total. The largest absolute Gasteiger partial charge is 0.398 e. The van der Waals surface area contributed by atoms with Gasteiger partial charge in [-0.15, -0.1) is 0 Å². The Morgan fingerprint density at radius 3 is 2.82 bits per heavy atom. The Kier molecular flexibility index (Phi) is 3.13. The summed E-state index contributed by atoms with van der Waals surface area (Å²) < 4.78 is 15.1. The van der Waals surface area contributed by atoms with Crippen molar-refractivity contribution in [3.63, 3.8) is 0 Å². The molecule has 0 radical (unpaired) electrons. The lowest BCUT2D eigenvalue weighted by Crippen LogP contribution is -1.96. The van der Waals surface area contributed by atoms with Gasteiger partial charge in [-0.05, 0) is 31.5 Å². The van der Waals surface area contributed by atoms with Crippen molar-refractivity contribution in [2.45, 2.75) is 26.8 Å². The molecule has 0 aliphatic heterocycles. The first-order chi connectivity index (χ1) is 8.11. The first-order valence-electron chi connectivity index (χ1n) is 5.71. The molecule has 0 atom stereocenters. The van der Waals surface area contributed by atoms with Crippen LogP contribution in [0.4, 0.5) is 10.1 Å². The summed E-state index contributed by atoms with van der Waals surface area (Å²) in [5.74, 6) is -0.281. The summed E-state index contributed by atoms with van der Waals surface area (Å²) >= 11 is 0. The lowest BCUT2D eigenvalue weighted by molar-refractivity contribution is 0.598. The van der Waals surface area contributed by atoms with Gasteiger partial charge in [0.15, 0.2) is 0 Å². The van der Waals surface area contributed by atoms with Gasteiger partial charge in [-0.3, -0.25) is 4.68 Å². The van der Waals surface area contributed by atoms with Gasteiger partial charge in [0.1, 0.15) is 5.82 Å². The number of benzene rings is 1. The molecule has 17 heavy (non-hydrogen) atoms. The number of aromatic nitrogens is 2. The van der Waals surface area contributed by atoms with Crippen molar-refractivity contribution in [3.8, 4) is 11.1 Å². The van der Waals surface area contributed by atoms with Crippen molar-refractivity contribution in [2.24, 2.45) is 0 Å². The van der Waals surface area contributed by atoms with Crippen LogP contribution in [0.2, 0.25) is 0 Å². The minimum atomic E-state index is -0.281. The van der Waals surface area contributed by atoms with Gasteiger partial charge in [0, 0.05) is 29.6 Å². The van der Waals surface area contributed by atoms with E-state index in [1.165, 1.54) is 12.1 Å². The summed E-state index contributed by atoms with van der Waals surface area (Å²) in [5.41, 5.74) is 8.93. The maximum Gasteiger partial charge on any atom is 0.123 e. The molecule has 0 aliphatic rings. The number of halogens is 1. The second-order valence-electron chi connectivity index (χ2n) is 4.12. The van der Waals surface area contributed by atoms with Crippen LogP contribution in [-0.4, -0.2) is 9.78 Å². The summed E-state index contributed by atoms with van der Waals surface area (Å²) in [6.45, 7) is 4.86. The van der Waals surface area contributed by atoms with Gasteiger partial charge in [-0.25, -0.2) is 4.39 Å². The van der Waals surface area contributed by atoms with Crippen LogP contribution in [0.5, 0.6) is 0 Å². The first-order valence-corrected chi connectivity index (χ1v) is 5.71. The topological polar surface area (TPSA) is 43.8 Å². The second-order valence-corrected chi connectivity index (χ2v) is 4.12. The highest BCUT2D eigenvalue weighted by Gasteiger charge is 2.10. The van der Waals surface area contributed by atoms with Crippen LogP contribution in [-0.2, 0) is 6.54 Å². The second kappa shape index (κ2) is 4.57. The lowest BCUT2D eigenvalue weighted by Gasteiger charge is -2.03. The summed E-state index contributed by atoms with van der Waals surface area (Å²) in [6.07, 6.45) is 2.93. The van der Waals surface area contributed by atoms with E-state index in [2.05, 4.69) is 12.0 Å². The van der Waals surface area contributed by atoms with E-state index in [1.54, 1.807) is 6.07 Å². The summed E-state index contributed by atoms with van der Waals surface area (Å²) in [6, 6.07) is 4.40. The summed E-state index contributed by atoms with van der Waals surface area (Å²) in [7, 11) is 0. The van der Waals surface area contributed by atoms with E-state index in [-0.39, 0.29) is 5.82 Å². The van der Waals surface area contributed by atoms with Crippen molar-refractivity contribution in [1.82, 2.24) is 9.78 Å². The van der Waals surface area contributed by atoms with Crippen molar-refractivity contribution in [3.05, 3.63) is 35.9 Å². The quantitative estimate of drug-likeness (QED) is 0.828. The van der Waals surface area contributed by atoms with E-state index in [1.807, 2.05) is 17.8 Å². The highest BCUT2D eigenvalue weighted by atomic mass is 19.1.